The third-order valence-corrected chi connectivity index (χ3v) is 11.2. The van der Waals surface area contributed by atoms with Crippen LogP contribution in [0.25, 0.3) is 43.4 Å². The van der Waals surface area contributed by atoms with E-state index in [2.05, 4.69) is 115 Å². The van der Waals surface area contributed by atoms with Crippen molar-refractivity contribution in [1.29, 1.82) is 0 Å². The van der Waals surface area contributed by atoms with Gasteiger partial charge in [-0.15, -0.1) is 40.5 Å². The second-order valence-electron chi connectivity index (χ2n) is 15.2. The quantitative estimate of drug-likeness (QED) is 0.0817. The normalized spacial score (nSPS) is 12.1. The van der Waals surface area contributed by atoms with Gasteiger partial charge in [0.1, 0.15) is 0 Å². The van der Waals surface area contributed by atoms with Gasteiger partial charge in [0.05, 0.1) is 16.0 Å². The number of allylic oxidation sites excluding steroid dienone is 2. The van der Waals surface area contributed by atoms with Gasteiger partial charge in [-0.2, -0.15) is 0 Å². The maximum atomic E-state index is 11.7. The van der Waals surface area contributed by atoms with Crippen LogP contribution >= 0.6 is 11.3 Å². The van der Waals surface area contributed by atoms with Gasteiger partial charge in [0, 0.05) is 48.6 Å². The molecular weight excluding hydrogens is 823 g/mol. The molecule has 0 spiro atoms. The van der Waals surface area contributed by atoms with Crippen molar-refractivity contribution < 1.29 is 30.0 Å². The Labute approximate surface area is 325 Å². The molecule has 0 aliphatic rings. The van der Waals surface area contributed by atoms with Crippen LogP contribution in [0.1, 0.15) is 110 Å². The zero-order valence-electron chi connectivity index (χ0n) is 32.7. The molecule has 5 rings (SSSR count). The molecule has 0 unspecified atom stereocenters. The summed E-state index contributed by atoms with van der Waals surface area (Å²) in [6.45, 7) is 23.9. The molecule has 0 amide bonds. The molecule has 2 aromatic heterocycles. The van der Waals surface area contributed by atoms with E-state index >= 15 is 0 Å². The van der Waals surface area contributed by atoms with Gasteiger partial charge in [0.25, 0.3) is 0 Å². The van der Waals surface area contributed by atoms with E-state index < -0.39 is 0 Å². The Balaban J connectivity index is 0.000000374. The van der Waals surface area contributed by atoms with Crippen LogP contribution in [0.2, 0.25) is 0 Å². The number of carbonyl (C=O) groups is 1. The third-order valence-electron chi connectivity index (χ3n) is 9.96. The van der Waals surface area contributed by atoms with Crippen molar-refractivity contribution in [2.45, 2.75) is 114 Å². The molecule has 1 radical (unpaired) electrons. The summed E-state index contributed by atoms with van der Waals surface area (Å²) in [5.41, 5.74) is 9.73. The second kappa shape index (κ2) is 18.6. The molecule has 0 aliphatic carbocycles. The van der Waals surface area contributed by atoms with E-state index in [0.717, 1.165) is 54.3 Å². The molecule has 0 atom stereocenters. The molecule has 51 heavy (non-hydrogen) atoms. The van der Waals surface area contributed by atoms with Gasteiger partial charge in [-0.3, -0.25) is 9.78 Å². The summed E-state index contributed by atoms with van der Waals surface area (Å²) < 4.78 is 1.28. The molecule has 275 valence electrons. The number of rotatable bonds is 11. The minimum Gasteiger partial charge on any atom is -0.512 e. The fourth-order valence-electron chi connectivity index (χ4n) is 6.70. The average molecular weight is 881 g/mol. The number of thiophene rings is 1. The van der Waals surface area contributed by atoms with Crippen molar-refractivity contribution in [3.8, 4) is 22.4 Å². The smallest absolute Gasteiger partial charge is 0.162 e. The first-order valence-electron chi connectivity index (χ1n) is 18.6. The minimum atomic E-state index is 0. The second-order valence-corrected chi connectivity index (χ2v) is 16.4. The van der Waals surface area contributed by atoms with Crippen LogP contribution in [0, 0.1) is 37.7 Å². The number of pyridine rings is 1. The van der Waals surface area contributed by atoms with Gasteiger partial charge in [-0.1, -0.05) is 122 Å². The van der Waals surface area contributed by atoms with E-state index in [1.807, 2.05) is 39.0 Å². The van der Waals surface area contributed by atoms with E-state index in [0.29, 0.717) is 5.92 Å². The molecule has 0 fully saturated rings. The molecule has 0 bridgehead atoms. The molecular formula is C46H58IrNO2S-. The number of fused-ring (bicyclic) bond motifs is 2. The number of nitrogens with zero attached hydrogens (tertiary/aromatic N) is 1. The number of hydrogen-bond donors (Lipinski definition) is 1. The number of ketones is 1. The van der Waals surface area contributed by atoms with E-state index in [9.17, 15) is 9.90 Å². The van der Waals surface area contributed by atoms with Gasteiger partial charge in [0.2, 0.25) is 0 Å². The van der Waals surface area contributed by atoms with Crippen LogP contribution < -0.4 is 0 Å². The van der Waals surface area contributed by atoms with Crippen molar-refractivity contribution in [3.63, 3.8) is 0 Å². The Bertz CT molecular complexity index is 1940. The summed E-state index contributed by atoms with van der Waals surface area (Å²) in [7, 11) is 0. The first kappa shape index (κ1) is 42.3. The van der Waals surface area contributed by atoms with Crippen molar-refractivity contribution in [2.75, 3.05) is 0 Å². The summed E-state index contributed by atoms with van der Waals surface area (Å²) >= 11 is 1.86. The molecule has 5 heteroatoms. The van der Waals surface area contributed by atoms with Gasteiger partial charge in [-0.05, 0) is 79.5 Å². The van der Waals surface area contributed by atoms with E-state index in [-0.39, 0.29) is 48.9 Å². The van der Waals surface area contributed by atoms with Gasteiger partial charge in [-0.25, -0.2) is 0 Å². The fourth-order valence-corrected chi connectivity index (χ4v) is 7.84. The number of hydrogen-bond acceptors (Lipinski definition) is 4. The van der Waals surface area contributed by atoms with Crippen LogP contribution in [-0.2, 0) is 36.7 Å². The van der Waals surface area contributed by atoms with Crippen LogP contribution in [-0.4, -0.2) is 15.9 Å². The molecule has 3 nitrogen and oxygen atoms in total. The van der Waals surface area contributed by atoms with Crippen LogP contribution in [0.5, 0.6) is 0 Å². The monoisotopic (exact) mass is 881 g/mol. The predicted molar refractivity (Wildman–Crippen MR) is 217 cm³/mol. The predicted octanol–water partition coefficient (Wildman–Crippen LogP) is 13.6. The van der Waals surface area contributed by atoms with Crippen molar-refractivity contribution in [3.05, 3.63) is 100 Å². The summed E-state index contributed by atoms with van der Waals surface area (Å²) in [4.78, 5) is 18.3. The Kier molecular flexibility index (Phi) is 15.4. The van der Waals surface area contributed by atoms with Crippen LogP contribution in [0.4, 0.5) is 0 Å². The first-order chi connectivity index (χ1) is 23.7. The summed E-state index contributed by atoms with van der Waals surface area (Å²) in [6, 6.07) is 26.0. The summed E-state index contributed by atoms with van der Waals surface area (Å²) in [5.74, 6) is 1.20. The molecule has 0 aliphatic heterocycles. The Morgan fingerprint density at radius 3 is 2.08 bits per heavy atom. The van der Waals surface area contributed by atoms with Gasteiger partial charge >= 0.3 is 0 Å². The Morgan fingerprint density at radius 2 is 1.51 bits per heavy atom. The minimum absolute atomic E-state index is 0. The molecule has 3 aromatic carbocycles. The van der Waals surface area contributed by atoms with E-state index in [4.69, 9.17) is 4.98 Å². The number of aliphatic hydroxyl groups is 1. The van der Waals surface area contributed by atoms with Crippen LogP contribution in [0.3, 0.4) is 0 Å². The zero-order chi connectivity index (χ0) is 36.7. The van der Waals surface area contributed by atoms with Crippen molar-refractivity contribution in [1.82, 2.24) is 4.98 Å². The topological polar surface area (TPSA) is 50.2 Å². The molecule has 2 heterocycles. The maximum Gasteiger partial charge on any atom is 0.162 e. The number of aliphatic hydroxyl groups excluding tert-OH is 1. The zero-order valence-corrected chi connectivity index (χ0v) is 35.9. The molecule has 0 saturated heterocycles. The number of aromatic nitrogens is 1. The van der Waals surface area contributed by atoms with Crippen LogP contribution in [0.15, 0.2) is 72.5 Å². The molecule has 0 saturated carbocycles. The summed E-state index contributed by atoms with van der Waals surface area (Å²) in [6.07, 6.45) is 6.01. The Morgan fingerprint density at radius 1 is 0.902 bits per heavy atom. The van der Waals surface area contributed by atoms with E-state index in [1.54, 1.807) is 0 Å². The standard InChI is InChI=1S/C33H34NS.C13H24O2.Ir/c1-20(2)16-23-12-14-24(15-13-23)28-19-30(34-31-21(3)22(4)35-32(28)31)26-17-25-10-8-9-11-27(25)29(18-26)33(5,6)7;1-5-10(6-2)12(14)9-13(15)11(7-3)8-4;/h8-15,18-20H,16H2,1-7H3;9-11,14H,5-8H2,1-4H3;/q-1;;/b;12-9-;. The van der Waals surface area contributed by atoms with Gasteiger partial charge < -0.3 is 5.11 Å². The van der Waals surface area contributed by atoms with Crippen molar-refractivity contribution in [2.24, 2.45) is 17.8 Å². The summed E-state index contributed by atoms with van der Waals surface area (Å²) in [5, 5.41) is 12.2. The average Bonchev–Trinajstić information content (AvgIpc) is 3.37. The first-order valence-corrected chi connectivity index (χ1v) is 19.4. The fraction of sp³-hybridized carbons (Fsp3) is 0.435. The number of benzene rings is 3. The third kappa shape index (κ3) is 10.3. The maximum absolute atomic E-state index is 11.7. The molecule has 5 aromatic rings. The van der Waals surface area contributed by atoms with Gasteiger partial charge in [0.15, 0.2) is 5.78 Å². The van der Waals surface area contributed by atoms with E-state index in [1.165, 1.54) is 48.9 Å². The van der Waals surface area contributed by atoms with Crippen molar-refractivity contribution >= 4 is 38.1 Å². The largest absolute Gasteiger partial charge is 0.512 e. The number of carbonyl (C=O) groups excluding carboxylic acids is 1. The molecule has 1 N–H and O–H groups in total. The number of aryl methyl sites for hydroxylation is 2. The SMILES string of the molecule is CCC(CC)C(=O)/C=C(\O)C(CC)CC.Cc1sc2c(-c3ccc(CC(C)C)cc3)cc(-c3[c-]c4ccccc4c(C(C)(C)C)c3)nc2c1C.[Ir]. The Hall–Kier alpha value is -3.11.